The maximum atomic E-state index is 13.4. The van der Waals surface area contributed by atoms with Crippen LogP contribution in [0.25, 0.3) is 17.8 Å². The Hall–Kier alpha value is -4.23. The molecule has 1 heterocycles. The maximum absolute atomic E-state index is 13.4. The second kappa shape index (κ2) is 11.7. The van der Waals surface area contributed by atoms with Crippen LogP contribution in [0.15, 0.2) is 89.4 Å². The van der Waals surface area contributed by atoms with E-state index < -0.39 is 0 Å². The third-order valence-corrected chi connectivity index (χ3v) is 6.28. The fourth-order valence-corrected chi connectivity index (χ4v) is 4.00. The molecule has 186 valence electrons. The summed E-state index contributed by atoms with van der Waals surface area (Å²) in [6.45, 7) is 1.79. The second-order valence-corrected chi connectivity index (χ2v) is 9.05. The molecule has 0 saturated carbocycles. The summed E-state index contributed by atoms with van der Waals surface area (Å²) in [5.74, 6) is 0.782. The predicted octanol–water partition coefficient (Wildman–Crippen LogP) is 6.75. The smallest absolute Gasteiger partial charge is 0.206 e. The Bertz CT molecular complexity index is 1470. The number of ether oxygens (including phenoxy) is 2. The van der Waals surface area contributed by atoms with Crippen molar-refractivity contribution in [3.63, 3.8) is 0 Å². The van der Waals surface area contributed by atoms with Crippen molar-refractivity contribution in [2.45, 2.75) is 6.92 Å². The quantitative estimate of drug-likeness (QED) is 0.168. The number of aromatic nitrogens is 2. The molecule has 37 heavy (non-hydrogen) atoms. The molecule has 0 radical (unpaired) electrons. The maximum Gasteiger partial charge on any atom is 0.206 e. The van der Waals surface area contributed by atoms with Gasteiger partial charge in [0.05, 0.1) is 31.2 Å². The van der Waals surface area contributed by atoms with Gasteiger partial charge < -0.3 is 9.47 Å². The largest absolute Gasteiger partial charge is 0.497 e. The highest BCUT2D eigenvalue weighted by molar-refractivity contribution is 9.10. The minimum Gasteiger partial charge on any atom is -0.497 e. The Kier molecular flexibility index (Phi) is 8.15. The molecule has 4 aromatic rings. The van der Waals surface area contributed by atoms with E-state index in [0.29, 0.717) is 5.69 Å². The van der Waals surface area contributed by atoms with Crippen LogP contribution in [-0.2, 0) is 0 Å². The third-order valence-electron chi connectivity index (χ3n) is 5.75. The lowest BCUT2D eigenvalue weighted by molar-refractivity contribution is 0.101. The molecule has 6 nitrogen and oxygen atoms in total. The number of carbonyl (C=O) groups excluding carboxylic acids is 2. The minimum atomic E-state index is -0.365. The zero-order chi connectivity index (χ0) is 26.4. The van der Waals surface area contributed by atoms with E-state index in [4.69, 9.17) is 9.47 Å². The molecule has 0 spiro atoms. The first-order valence-electron chi connectivity index (χ1n) is 11.5. The Balaban J connectivity index is 1.70. The number of ketones is 2. The molecule has 0 fully saturated rings. The first-order chi connectivity index (χ1) is 17.9. The molecular formula is C30H25BrN2O4. The summed E-state index contributed by atoms with van der Waals surface area (Å²) < 4.78 is 12.9. The van der Waals surface area contributed by atoms with E-state index in [9.17, 15) is 9.59 Å². The molecule has 0 bridgehead atoms. The van der Waals surface area contributed by atoms with Gasteiger partial charge in [0.25, 0.3) is 0 Å². The number of hydrogen-bond acceptors (Lipinski definition) is 5. The lowest BCUT2D eigenvalue weighted by Gasteiger charge is -2.04. The molecule has 7 heteroatoms. The van der Waals surface area contributed by atoms with Crippen molar-refractivity contribution in [3.05, 3.63) is 117 Å². The SMILES string of the molecule is COc1ccc(/C=C/C(=O)c2nn(-c3ccc(Br)cc3)c(C)c2C(=O)/C=C/c2ccc(OC)cc2)cc1. The normalized spacial score (nSPS) is 11.2. The number of benzene rings is 3. The fourth-order valence-electron chi connectivity index (χ4n) is 3.74. The second-order valence-electron chi connectivity index (χ2n) is 8.14. The van der Waals surface area contributed by atoms with Crippen molar-refractivity contribution in [2.24, 2.45) is 0 Å². The van der Waals surface area contributed by atoms with Crippen LogP contribution in [0.2, 0.25) is 0 Å². The average molecular weight is 557 g/mol. The molecule has 3 aromatic carbocycles. The number of nitrogens with zero attached hydrogens (tertiary/aromatic N) is 2. The topological polar surface area (TPSA) is 70.4 Å². The van der Waals surface area contributed by atoms with Crippen molar-refractivity contribution >= 4 is 39.6 Å². The summed E-state index contributed by atoms with van der Waals surface area (Å²) >= 11 is 3.43. The summed E-state index contributed by atoms with van der Waals surface area (Å²) in [7, 11) is 3.20. The summed E-state index contributed by atoms with van der Waals surface area (Å²) in [5, 5.41) is 4.56. The highest BCUT2D eigenvalue weighted by atomic mass is 79.9. The van der Waals surface area contributed by atoms with Crippen LogP contribution in [-0.4, -0.2) is 35.6 Å². The summed E-state index contributed by atoms with van der Waals surface area (Å²) in [6.07, 6.45) is 6.29. The van der Waals surface area contributed by atoms with E-state index in [1.807, 2.05) is 72.8 Å². The Morgan fingerprint density at radius 1 is 0.757 bits per heavy atom. The molecule has 1 aromatic heterocycles. The van der Waals surface area contributed by atoms with Gasteiger partial charge in [0.2, 0.25) is 5.78 Å². The Morgan fingerprint density at radius 3 is 1.73 bits per heavy atom. The lowest BCUT2D eigenvalue weighted by Crippen LogP contribution is -2.05. The lowest BCUT2D eigenvalue weighted by atomic mass is 10.0. The average Bonchev–Trinajstić information content (AvgIpc) is 3.28. The van der Waals surface area contributed by atoms with Crippen LogP contribution in [0.5, 0.6) is 11.5 Å². The predicted molar refractivity (Wildman–Crippen MR) is 149 cm³/mol. The van der Waals surface area contributed by atoms with Gasteiger partial charge in [-0.05, 0) is 78.7 Å². The van der Waals surface area contributed by atoms with Crippen LogP contribution in [0.4, 0.5) is 0 Å². The van der Waals surface area contributed by atoms with Crippen LogP contribution in [0.1, 0.15) is 37.7 Å². The van der Waals surface area contributed by atoms with E-state index in [1.54, 1.807) is 38.0 Å². The van der Waals surface area contributed by atoms with Crippen molar-refractivity contribution < 1.29 is 19.1 Å². The molecule has 0 aliphatic carbocycles. The van der Waals surface area contributed by atoms with Gasteiger partial charge in [0.1, 0.15) is 17.2 Å². The van der Waals surface area contributed by atoms with E-state index in [2.05, 4.69) is 21.0 Å². The van der Waals surface area contributed by atoms with E-state index in [0.717, 1.165) is 32.8 Å². The van der Waals surface area contributed by atoms with Gasteiger partial charge in [-0.15, -0.1) is 0 Å². The minimum absolute atomic E-state index is 0.0922. The molecule has 0 amide bonds. The van der Waals surface area contributed by atoms with E-state index in [1.165, 1.54) is 12.2 Å². The number of carbonyl (C=O) groups is 2. The third kappa shape index (κ3) is 6.13. The molecular weight excluding hydrogens is 532 g/mol. The van der Waals surface area contributed by atoms with Gasteiger partial charge in [-0.2, -0.15) is 5.10 Å². The zero-order valence-corrected chi connectivity index (χ0v) is 22.2. The van der Waals surface area contributed by atoms with E-state index >= 15 is 0 Å². The number of methoxy groups -OCH3 is 2. The van der Waals surface area contributed by atoms with Gasteiger partial charge in [-0.25, -0.2) is 4.68 Å². The van der Waals surface area contributed by atoms with Crippen molar-refractivity contribution in [1.82, 2.24) is 9.78 Å². The molecule has 0 aliphatic heterocycles. The van der Waals surface area contributed by atoms with Crippen molar-refractivity contribution in [1.29, 1.82) is 0 Å². The monoisotopic (exact) mass is 556 g/mol. The van der Waals surface area contributed by atoms with Crippen molar-refractivity contribution in [3.8, 4) is 17.2 Å². The Morgan fingerprint density at radius 2 is 1.24 bits per heavy atom. The zero-order valence-electron chi connectivity index (χ0n) is 20.6. The van der Waals surface area contributed by atoms with Crippen molar-refractivity contribution in [2.75, 3.05) is 14.2 Å². The van der Waals surface area contributed by atoms with Crippen LogP contribution in [0, 0.1) is 6.92 Å². The van der Waals surface area contributed by atoms with Crippen LogP contribution >= 0.6 is 15.9 Å². The first kappa shape index (κ1) is 25.9. The summed E-state index contributed by atoms with van der Waals surface area (Å²) in [6, 6.07) is 22.2. The molecule has 0 N–H and O–H groups in total. The molecule has 0 aliphatic rings. The van der Waals surface area contributed by atoms with Gasteiger partial charge in [0.15, 0.2) is 5.78 Å². The van der Waals surface area contributed by atoms with E-state index in [-0.39, 0.29) is 22.8 Å². The van der Waals surface area contributed by atoms with Gasteiger partial charge in [0, 0.05) is 4.47 Å². The highest BCUT2D eigenvalue weighted by Gasteiger charge is 2.24. The molecule has 0 saturated heterocycles. The molecule has 0 atom stereocenters. The summed E-state index contributed by atoms with van der Waals surface area (Å²) in [4.78, 5) is 26.6. The number of allylic oxidation sites excluding steroid dienone is 2. The fraction of sp³-hybridized carbons (Fsp3) is 0.100. The van der Waals surface area contributed by atoms with Crippen LogP contribution in [0.3, 0.4) is 0 Å². The molecule has 4 rings (SSSR count). The number of hydrogen-bond donors (Lipinski definition) is 0. The standard InChI is InChI=1S/C30H25BrN2O4/c1-20-29(27(34)18-8-21-4-14-25(36-2)15-5-21)30(32-33(20)24-12-10-23(31)11-13-24)28(35)19-9-22-6-16-26(37-3)17-7-22/h4-19H,1-3H3/b18-8+,19-9+. The van der Waals surface area contributed by atoms with Crippen LogP contribution < -0.4 is 9.47 Å². The van der Waals surface area contributed by atoms with Gasteiger partial charge in [-0.3, -0.25) is 9.59 Å². The molecule has 0 unspecified atom stereocenters. The highest BCUT2D eigenvalue weighted by Crippen LogP contribution is 2.23. The number of rotatable bonds is 9. The number of halogens is 1. The first-order valence-corrected chi connectivity index (χ1v) is 12.3. The van der Waals surface area contributed by atoms with Gasteiger partial charge >= 0.3 is 0 Å². The van der Waals surface area contributed by atoms with Gasteiger partial charge in [-0.1, -0.05) is 52.3 Å². The summed E-state index contributed by atoms with van der Waals surface area (Å²) in [5.41, 5.74) is 3.33. The Labute approximate surface area is 224 Å².